The van der Waals surface area contributed by atoms with Gasteiger partial charge in [-0.25, -0.2) is 9.78 Å². The second kappa shape index (κ2) is 7.69. The van der Waals surface area contributed by atoms with Gasteiger partial charge in [0.25, 0.3) is 0 Å². The average molecular weight is 365 g/mol. The van der Waals surface area contributed by atoms with Gasteiger partial charge in [0.1, 0.15) is 5.60 Å². The minimum atomic E-state index is -0.474. The standard InChI is InChI=1S/C13H19BrClN3O2/c1-13(2,3)20-12(19)17-6-4-5-16-10-7-9(14)8-18-11(10)15/h7-8,16H,4-6H2,1-3H3,(H,17,19). The van der Waals surface area contributed by atoms with E-state index in [-0.39, 0.29) is 0 Å². The summed E-state index contributed by atoms with van der Waals surface area (Å²) in [6.45, 7) is 6.69. The first-order valence-corrected chi connectivity index (χ1v) is 7.47. The van der Waals surface area contributed by atoms with Crippen LogP contribution in [0.2, 0.25) is 5.15 Å². The molecule has 1 heterocycles. The number of hydrogen-bond acceptors (Lipinski definition) is 4. The molecule has 0 atom stereocenters. The third-order valence-electron chi connectivity index (χ3n) is 2.14. The highest BCUT2D eigenvalue weighted by molar-refractivity contribution is 9.10. The summed E-state index contributed by atoms with van der Waals surface area (Å²) in [4.78, 5) is 15.4. The van der Waals surface area contributed by atoms with E-state index in [1.165, 1.54) is 0 Å². The topological polar surface area (TPSA) is 63.2 Å². The molecule has 1 amide bonds. The molecular weight excluding hydrogens is 346 g/mol. The van der Waals surface area contributed by atoms with Crippen LogP contribution in [0.1, 0.15) is 27.2 Å². The van der Waals surface area contributed by atoms with E-state index in [0.717, 1.165) is 16.6 Å². The first-order valence-electron chi connectivity index (χ1n) is 6.30. The number of anilines is 1. The number of hydrogen-bond donors (Lipinski definition) is 2. The average Bonchev–Trinajstić information content (AvgIpc) is 2.30. The summed E-state index contributed by atoms with van der Waals surface area (Å²) in [5.74, 6) is 0. The van der Waals surface area contributed by atoms with Gasteiger partial charge in [-0.05, 0) is 49.2 Å². The number of nitrogens with one attached hydrogen (secondary N) is 2. The van der Waals surface area contributed by atoms with Gasteiger partial charge in [-0.2, -0.15) is 0 Å². The Bertz CT molecular complexity index is 463. The van der Waals surface area contributed by atoms with Crippen LogP contribution < -0.4 is 10.6 Å². The zero-order valence-electron chi connectivity index (χ0n) is 11.8. The van der Waals surface area contributed by atoms with Gasteiger partial charge in [-0.15, -0.1) is 0 Å². The van der Waals surface area contributed by atoms with Crippen LogP contribution in [-0.4, -0.2) is 29.8 Å². The molecule has 0 unspecified atom stereocenters. The van der Waals surface area contributed by atoms with Crippen molar-refractivity contribution in [3.8, 4) is 0 Å². The van der Waals surface area contributed by atoms with Crippen molar-refractivity contribution in [2.24, 2.45) is 0 Å². The molecule has 0 fully saturated rings. The van der Waals surface area contributed by atoms with Gasteiger partial charge >= 0.3 is 6.09 Å². The maximum atomic E-state index is 11.4. The molecule has 0 spiro atoms. The summed E-state index contributed by atoms with van der Waals surface area (Å²) in [5.41, 5.74) is 0.288. The Kier molecular flexibility index (Phi) is 6.55. The van der Waals surface area contributed by atoms with Crippen molar-refractivity contribution < 1.29 is 9.53 Å². The lowest BCUT2D eigenvalue weighted by molar-refractivity contribution is 0.0528. The largest absolute Gasteiger partial charge is 0.444 e. The number of nitrogens with zero attached hydrogens (tertiary/aromatic N) is 1. The van der Waals surface area contributed by atoms with Gasteiger partial charge in [-0.3, -0.25) is 0 Å². The highest BCUT2D eigenvalue weighted by Gasteiger charge is 2.15. The van der Waals surface area contributed by atoms with Crippen molar-refractivity contribution in [2.45, 2.75) is 32.8 Å². The molecule has 2 N–H and O–H groups in total. The molecule has 1 aromatic rings. The van der Waals surface area contributed by atoms with Gasteiger partial charge in [0, 0.05) is 23.8 Å². The van der Waals surface area contributed by atoms with Crippen LogP contribution in [0.5, 0.6) is 0 Å². The molecule has 1 rings (SSSR count). The van der Waals surface area contributed by atoms with E-state index in [4.69, 9.17) is 16.3 Å². The van der Waals surface area contributed by atoms with E-state index in [2.05, 4.69) is 31.5 Å². The van der Waals surface area contributed by atoms with Crippen molar-refractivity contribution in [3.63, 3.8) is 0 Å². The predicted molar refractivity (Wildman–Crippen MR) is 84.3 cm³/mol. The van der Waals surface area contributed by atoms with Gasteiger partial charge in [0.2, 0.25) is 0 Å². The lowest BCUT2D eigenvalue weighted by Crippen LogP contribution is -2.33. The zero-order chi connectivity index (χ0) is 15.2. The number of pyridine rings is 1. The molecule has 1 aromatic heterocycles. The lowest BCUT2D eigenvalue weighted by atomic mass is 10.2. The molecule has 0 aromatic carbocycles. The Morgan fingerprint density at radius 3 is 2.80 bits per heavy atom. The van der Waals surface area contributed by atoms with Crippen LogP contribution in [0, 0.1) is 0 Å². The van der Waals surface area contributed by atoms with E-state index in [0.29, 0.717) is 18.2 Å². The van der Waals surface area contributed by atoms with Crippen molar-refractivity contribution in [2.75, 3.05) is 18.4 Å². The predicted octanol–water partition coefficient (Wildman–Crippen LogP) is 3.82. The minimum absolute atomic E-state index is 0.403. The lowest BCUT2D eigenvalue weighted by Gasteiger charge is -2.19. The van der Waals surface area contributed by atoms with Crippen LogP contribution in [0.15, 0.2) is 16.7 Å². The van der Waals surface area contributed by atoms with Gasteiger partial charge in [0.15, 0.2) is 5.15 Å². The second-order valence-corrected chi connectivity index (χ2v) is 6.47. The molecule has 20 heavy (non-hydrogen) atoms. The summed E-state index contributed by atoms with van der Waals surface area (Å²) < 4.78 is 5.99. The van der Waals surface area contributed by atoms with Crippen molar-refractivity contribution in [1.29, 1.82) is 0 Å². The number of amides is 1. The van der Waals surface area contributed by atoms with E-state index in [1.807, 2.05) is 26.8 Å². The highest BCUT2D eigenvalue weighted by atomic mass is 79.9. The van der Waals surface area contributed by atoms with Gasteiger partial charge in [-0.1, -0.05) is 11.6 Å². The SMILES string of the molecule is CC(C)(C)OC(=O)NCCCNc1cc(Br)cnc1Cl. The zero-order valence-corrected chi connectivity index (χ0v) is 14.1. The summed E-state index contributed by atoms with van der Waals surface area (Å²) in [7, 11) is 0. The number of ether oxygens (including phenoxy) is 1. The van der Waals surface area contributed by atoms with E-state index in [1.54, 1.807) is 6.20 Å². The normalized spacial score (nSPS) is 11.1. The first-order chi connectivity index (χ1) is 9.28. The molecule has 0 aliphatic heterocycles. The summed E-state index contributed by atoms with van der Waals surface area (Å²) in [5, 5.41) is 6.28. The first kappa shape index (κ1) is 17.0. The van der Waals surface area contributed by atoms with Gasteiger partial charge < -0.3 is 15.4 Å². The monoisotopic (exact) mass is 363 g/mol. The number of halogens is 2. The fourth-order valence-corrected chi connectivity index (χ4v) is 1.86. The third kappa shape index (κ3) is 6.96. The van der Waals surface area contributed by atoms with Crippen LogP contribution in [0.25, 0.3) is 0 Å². The quantitative estimate of drug-likeness (QED) is 0.616. The fourth-order valence-electron chi connectivity index (χ4n) is 1.36. The van der Waals surface area contributed by atoms with E-state index in [9.17, 15) is 4.79 Å². The molecule has 0 saturated heterocycles. The van der Waals surface area contributed by atoms with E-state index >= 15 is 0 Å². The molecular formula is C13H19BrClN3O2. The molecule has 0 saturated carbocycles. The van der Waals surface area contributed by atoms with Crippen LogP contribution in [0.4, 0.5) is 10.5 Å². The van der Waals surface area contributed by atoms with Crippen molar-refractivity contribution in [1.82, 2.24) is 10.3 Å². The van der Waals surface area contributed by atoms with E-state index < -0.39 is 11.7 Å². The Morgan fingerprint density at radius 2 is 2.15 bits per heavy atom. The van der Waals surface area contributed by atoms with Crippen LogP contribution in [0.3, 0.4) is 0 Å². The molecule has 7 heteroatoms. The Morgan fingerprint density at radius 1 is 1.45 bits per heavy atom. The van der Waals surface area contributed by atoms with Crippen LogP contribution in [-0.2, 0) is 4.74 Å². The summed E-state index contributed by atoms with van der Waals surface area (Å²) in [6, 6.07) is 1.86. The number of alkyl carbamates (subject to hydrolysis) is 1. The number of rotatable bonds is 5. The Balaban J connectivity index is 2.22. The highest BCUT2D eigenvalue weighted by Crippen LogP contribution is 2.22. The molecule has 0 aliphatic rings. The molecule has 0 aliphatic carbocycles. The third-order valence-corrected chi connectivity index (χ3v) is 2.88. The Labute approximate surface area is 132 Å². The molecule has 112 valence electrons. The molecule has 0 bridgehead atoms. The maximum Gasteiger partial charge on any atom is 0.407 e. The van der Waals surface area contributed by atoms with Crippen molar-refractivity contribution in [3.05, 3.63) is 21.9 Å². The molecule has 5 nitrogen and oxygen atoms in total. The molecule has 0 radical (unpaired) electrons. The Hall–Kier alpha value is -1.01. The van der Waals surface area contributed by atoms with Gasteiger partial charge in [0.05, 0.1) is 5.69 Å². The maximum absolute atomic E-state index is 11.4. The minimum Gasteiger partial charge on any atom is -0.444 e. The second-order valence-electron chi connectivity index (χ2n) is 5.20. The fraction of sp³-hybridized carbons (Fsp3) is 0.538. The number of carbonyl (C=O) groups excluding carboxylic acids is 1. The summed E-state index contributed by atoms with van der Waals surface area (Å²) in [6.07, 6.45) is 1.99. The number of carbonyl (C=O) groups is 1. The number of aromatic nitrogens is 1. The van der Waals surface area contributed by atoms with Crippen molar-refractivity contribution >= 4 is 39.3 Å². The smallest absolute Gasteiger partial charge is 0.407 e. The summed E-state index contributed by atoms with van der Waals surface area (Å²) >= 11 is 9.28. The van der Waals surface area contributed by atoms with Crippen LogP contribution >= 0.6 is 27.5 Å².